The van der Waals surface area contributed by atoms with Gasteiger partial charge in [-0.2, -0.15) is 10.1 Å². The number of benzene rings is 1. The van der Waals surface area contributed by atoms with E-state index in [-0.39, 0.29) is 5.91 Å². The van der Waals surface area contributed by atoms with Gasteiger partial charge in [0.25, 0.3) is 0 Å². The molecule has 0 aliphatic carbocycles. The highest BCUT2D eigenvalue weighted by Gasteiger charge is 2.21. The van der Waals surface area contributed by atoms with E-state index in [4.69, 9.17) is 14.8 Å². The molecule has 2 aromatic heterocycles. The summed E-state index contributed by atoms with van der Waals surface area (Å²) in [5.74, 6) is 1.68. The van der Waals surface area contributed by atoms with Crippen molar-refractivity contribution in [1.82, 2.24) is 24.6 Å². The lowest BCUT2D eigenvalue weighted by Gasteiger charge is -2.24. The number of rotatable bonds is 10. The second-order valence-corrected chi connectivity index (χ2v) is 9.70. The van der Waals surface area contributed by atoms with Crippen LogP contribution < -0.4 is 20.3 Å². The van der Waals surface area contributed by atoms with Crippen LogP contribution in [-0.4, -0.2) is 64.9 Å². The predicted octanol–water partition coefficient (Wildman–Crippen LogP) is 4.32. The molecule has 4 rings (SSSR count). The maximum absolute atomic E-state index is 12.2. The van der Waals surface area contributed by atoms with Crippen LogP contribution in [0.2, 0.25) is 0 Å². The van der Waals surface area contributed by atoms with Gasteiger partial charge in [-0.25, -0.2) is 9.67 Å². The van der Waals surface area contributed by atoms with Crippen LogP contribution in [0.5, 0.6) is 5.75 Å². The number of nitrogens with zero attached hydrogens (tertiary/aromatic N) is 6. The molecule has 0 bridgehead atoms. The fourth-order valence-corrected chi connectivity index (χ4v) is 4.49. The Labute approximate surface area is 218 Å². The van der Waals surface area contributed by atoms with Crippen LogP contribution in [0.1, 0.15) is 43.9 Å². The van der Waals surface area contributed by atoms with Crippen LogP contribution in [0.4, 0.5) is 23.0 Å². The van der Waals surface area contributed by atoms with Gasteiger partial charge >= 0.3 is 0 Å². The quantitative estimate of drug-likeness (QED) is 0.394. The van der Waals surface area contributed by atoms with E-state index < -0.39 is 0 Å². The fraction of sp³-hybridized carbons (Fsp3) is 0.407. The summed E-state index contributed by atoms with van der Waals surface area (Å²) in [5, 5.41) is 11.0. The summed E-state index contributed by atoms with van der Waals surface area (Å²) in [7, 11) is 5.71. The van der Waals surface area contributed by atoms with Crippen LogP contribution in [0.3, 0.4) is 0 Å². The molecule has 0 unspecified atom stereocenters. The first-order chi connectivity index (χ1) is 17.8. The van der Waals surface area contributed by atoms with Crippen molar-refractivity contribution in [2.45, 2.75) is 39.2 Å². The summed E-state index contributed by atoms with van der Waals surface area (Å²) in [6.07, 6.45) is 7.20. The smallest absolute Gasteiger partial charge is 0.247 e. The maximum Gasteiger partial charge on any atom is 0.247 e. The van der Waals surface area contributed by atoms with E-state index in [9.17, 15) is 4.79 Å². The van der Waals surface area contributed by atoms with Crippen LogP contribution in [-0.2, 0) is 11.3 Å². The van der Waals surface area contributed by atoms with Gasteiger partial charge in [0.15, 0.2) is 5.82 Å². The Morgan fingerprint density at radius 1 is 1.24 bits per heavy atom. The van der Waals surface area contributed by atoms with Gasteiger partial charge in [-0.3, -0.25) is 4.79 Å². The van der Waals surface area contributed by atoms with E-state index in [1.165, 1.54) is 6.08 Å². The standard InChI is InChI=1S/C27H36N8O2/c1-7-25(36)29-20-14-21(23(37-6)15-22(20)34-12-8-9-13-34)30-27-28-11-10-24(31-27)35-17-19(16-33(4)5)26(32-35)18(2)3/h7,10-11,14-15,17-18H,1,8-9,12-13,16H2,2-6H3,(H,29,36)(H,28,30,31). The highest BCUT2D eigenvalue weighted by atomic mass is 16.5. The number of anilines is 4. The Bertz CT molecular complexity index is 1260. The van der Waals surface area contributed by atoms with Crippen molar-refractivity contribution in [2.75, 3.05) is 49.8 Å². The van der Waals surface area contributed by atoms with E-state index in [1.807, 2.05) is 38.5 Å². The van der Waals surface area contributed by atoms with Gasteiger partial charge in [-0.05, 0) is 45.0 Å². The first-order valence-electron chi connectivity index (χ1n) is 12.5. The van der Waals surface area contributed by atoms with Crippen LogP contribution in [0, 0.1) is 0 Å². The second kappa shape index (κ2) is 11.4. The largest absolute Gasteiger partial charge is 0.494 e. The minimum atomic E-state index is -0.275. The number of carbonyl (C=O) groups excluding carboxylic acids is 1. The molecule has 10 heteroatoms. The Hall–Kier alpha value is -3.92. The summed E-state index contributed by atoms with van der Waals surface area (Å²) in [5.41, 5.74) is 4.43. The third-order valence-electron chi connectivity index (χ3n) is 6.19. The normalized spacial score (nSPS) is 13.3. The second-order valence-electron chi connectivity index (χ2n) is 9.70. The van der Waals surface area contributed by atoms with Crippen molar-refractivity contribution < 1.29 is 9.53 Å². The molecule has 196 valence electrons. The molecular formula is C27H36N8O2. The molecule has 1 amide bonds. The van der Waals surface area contributed by atoms with Gasteiger partial charge < -0.3 is 25.2 Å². The fourth-order valence-electron chi connectivity index (χ4n) is 4.49. The van der Waals surface area contributed by atoms with Gasteiger partial charge in [0.05, 0.1) is 29.9 Å². The molecule has 1 saturated heterocycles. The van der Waals surface area contributed by atoms with Gasteiger partial charge in [0.2, 0.25) is 11.9 Å². The molecular weight excluding hydrogens is 468 g/mol. The van der Waals surface area contributed by atoms with E-state index in [0.29, 0.717) is 34.8 Å². The average Bonchev–Trinajstić information content (AvgIpc) is 3.54. The third-order valence-corrected chi connectivity index (χ3v) is 6.19. The van der Waals surface area contributed by atoms with Crippen molar-refractivity contribution in [3.05, 3.63) is 54.5 Å². The Morgan fingerprint density at radius 3 is 2.65 bits per heavy atom. The predicted molar refractivity (Wildman–Crippen MR) is 147 cm³/mol. The lowest BCUT2D eigenvalue weighted by atomic mass is 10.1. The Morgan fingerprint density at radius 2 is 2.00 bits per heavy atom. The minimum Gasteiger partial charge on any atom is -0.494 e. The molecule has 37 heavy (non-hydrogen) atoms. The maximum atomic E-state index is 12.2. The molecule has 10 nitrogen and oxygen atoms in total. The molecule has 3 heterocycles. The topological polar surface area (TPSA) is 100 Å². The van der Waals surface area contributed by atoms with Crippen LogP contribution in [0.25, 0.3) is 5.82 Å². The number of carbonyl (C=O) groups is 1. The van der Waals surface area contributed by atoms with Crippen molar-refractivity contribution in [1.29, 1.82) is 0 Å². The monoisotopic (exact) mass is 504 g/mol. The summed E-state index contributed by atoms with van der Waals surface area (Å²) in [4.78, 5) is 25.7. The molecule has 2 N–H and O–H groups in total. The molecule has 0 spiro atoms. The zero-order valence-electron chi connectivity index (χ0n) is 22.3. The average molecular weight is 505 g/mol. The van der Waals surface area contributed by atoms with Crippen molar-refractivity contribution in [3.63, 3.8) is 0 Å². The van der Waals surface area contributed by atoms with Crippen molar-refractivity contribution in [3.8, 4) is 11.6 Å². The summed E-state index contributed by atoms with van der Waals surface area (Å²) < 4.78 is 7.50. The summed E-state index contributed by atoms with van der Waals surface area (Å²) in [6.45, 7) is 10.5. The van der Waals surface area contributed by atoms with Gasteiger partial charge in [-0.1, -0.05) is 20.4 Å². The lowest BCUT2D eigenvalue weighted by molar-refractivity contribution is -0.111. The SMILES string of the molecule is C=CC(=O)Nc1cc(Nc2nccc(-n3cc(CN(C)C)c(C(C)C)n3)n2)c(OC)cc1N1CCCC1. The van der Waals surface area contributed by atoms with Gasteiger partial charge in [0.1, 0.15) is 5.75 Å². The number of hydrogen-bond acceptors (Lipinski definition) is 8. The molecule has 1 aromatic carbocycles. The first-order valence-corrected chi connectivity index (χ1v) is 12.5. The number of aromatic nitrogens is 4. The highest BCUT2D eigenvalue weighted by molar-refractivity contribution is 6.02. The molecule has 1 aliphatic heterocycles. The number of hydrogen-bond donors (Lipinski definition) is 2. The third kappa shape index (κ3) is 6.08. The van der Waals surface area contributed by atoms with Crippen LogP contribution >= 0.6 is 0 Å². The zero-order chi connectivity index (χ0) is 26.5. The Kier molecular flexibility index (Phi) is 8.08. The molecule has 1 fully saturated rings. The minimum absolute atomic E-state index is 0.275. The van der Waals surface area contributed by atoms with E-state index in [1.54, 1.807) is 18.0 Å². The number of methoxy groups -OCH3 is 1. The number of amides is 1. The molecule has 3 aromatic rings. The highest BCUT2D eigenvalue weighted by Crippen LogP contribution is 2.39. The zero-order valence-corrected chi connectivity index (χ0v) is 22.3. The van der Waals surface area contributed by atoms with Gasteiger partial charge in [-0.15, -0.1) is 0 Å². The summed E-state index contributed by atoms with van der Waals surface area (Å²) >= 11 is 0. The van der Waals surface area contributed by atoms with Crippen molar-refractivity contribution in [2.24, 2.45) is 0 Å². The van der Waals surface area contributed by atoms with E-state index in [0.717, 1.165) is 49.4 Å². The number of ether oxygens (including phenoxy) is 1. The van der Waals surface area contributed by atoms with Gasteiger partial charge in [0, 0.05) is 49.7 Å². The molecule has 1 aliphatic rings. The summed E-state index contributed by atoms with van der Waals surface area (Å²) in [6, 6.07) is 5.61. The van der Waals surface area contributed by atoms with E-state index >= 15 is 0 Å². The molecule has 0 radical (unpaired) electrons. The lowest BCUT2D eigenvalue weighted by Crippen LogP contribution is -2.21. The first kappa shape index (κ1) is 26.2. The van der Waals surface area contributed by atoms with Crippen molar-refractivity contribution >= 4 is 28.9 Å². The molecule has 0 saturated carbocycles. The Balaban J connectivity index is 1.68. The van der Waals surface area contributed by atoms with E-state index in [2.05, 4.69) is 45.8 Å². The molecule has 0 atom stereocenters. The van der Waals surface area contributed by atoms with Crippen LogP contribution in [0.15, 0.2) is 43.2 Å². The number of nitrogens with one attached hydrogen (secondary N) is 2.